The van der Waals surface area contributed by atoms with Crippen molar-refractivity contribution >= 4 is 50.2 Å². The van der Waals surface area contributed by atoms with E-state index in [1.165, 1.54) is 35.7 Å². The molecule has 260 valence electrons. The predicted molar refractivity (Wildman–Crippen MR) is 170 cm³/mol. The molecule has 0 atom stereocenters. The molecule has 2 aliphatic heterocycles. The molecule has 2 aliphatic rings. The Morgan fingerprint density at radius 3 is 2.60 bits per heavy atom. The van der Waals surface area contributed by atoms with E-state index < -0.39 is 49.8 Å². The van der Waals surface area contributed by atoms with Gasteiger partial charge in [0.1, 0.15) is 34.6 Å². The predicted octanol–water partition coefficient (Wildman–Crippen LogP) is 3.61. The van der Waals surface area contributed by atoms with Crippen molar-refractivity contribution in [3.63, 3.8) is 0 Å². The van der Waals surface area contributed by atoms with Crippen molar-refractivity contribution in [3.8, 4) is 24.1 Å². The monoisotopic (exact) mass is 731 g/mol. The number of hydrogen-bond donors (Lipinski definition) is 1. The Hall–Kier alpha value is -5.55. The summed E-state index contributed by atoms with van der Waals surface area (Å²) >= 11 is 1.24. The van der Waals surface area contributed by atoms with E-state index in [9.17, 15) is 30.8 Å². The van der Waals surface area contributed by atoms with Crippen LogP contribution in [0.5, 0.6) is 11.8 Å². The zero-order chi connectivity index (χ0) is 36.0. The molecule has 20 heteroatoms. The van der Waals surface area contributed by atoms with Crippen LogP contribution in [0.25, 0.3) is 5.65 Å². The fraction of sp³-hybridized carbons (Fsp3) is 0.267. The second-order valence-electron chi connectivity index (χ2n) is 11.6. The molecule has 7 rings (SSSR count). The van der Waals surface area contributed by atoms with Gasteiger partial charge in [0.15, 0.2) is 23.9 Å². The summed E-state index contributed by atoms with van der Waals surface area (Å²) in [5.41, 5.74) is -0.699. The van der Waals surface area contributed by atoms with E-state index in [0.29, 0.717) is 20.8 Å². The molecule has 0 saturated heterocycles. The summed E-state index contributed by atoms with van der Waals surface area (Å²) in [6, 6.07) is 5.33. The van der Waals surface area contributed by atoms with Crippen molar-refractivity contribution in [2.75, 3.05) is 29.9 Å². The Bertz CT molecular complexity index is 2370. The molecular weight excluding hydrogens is 707 g/mol. The second-order valence-corrected chi connectivity index (χ2v) is 13.9. The molecule has 2 aromatic carbocycles. The third-order valence-corrected chi connectivity index (χ3v) is 9.23. The number of terminal acetylenes is 1. The maximum absolute atomic E-state index is 14.5. The maximum atomic E-state index is 14.5. The number of hydrogen-bond acceptors (Lipinski definition) is 11. The number of methoxy groups -OCH3 is 1. The third kappa shape index (κ3) is 6.56. The molecule has 50 heavy (non-hydrogen) atoms. The van der Waals surface area contributed by atoms with Crippen LogP contribution >= 0.6 is 11.5 Å². The first-order valence-corrected chi connectivity index (χ1v) is 16.7. The number of nitrogens with one attached hydrogen (secondary N) is 1. The quantitative estimate of drug-likeness (QED) is 0.204. The fourth-order valence-corrected chi connectivity index (χ4v) is 6.79. The van der Waals surface area contributed by atoms with E-state index in [0.717, 1.165) is 43.2 Å². The minimum atomic E-state index is -4.58. The number of aromatic nitrogens is 6. The van der Waals surface area contributed by atoms with Crippen LogP contribution in [0.1, 0.15) is 19.7 Å². The molecule has 0 unspecified atom stereocenters. The highest BCUT2D eigenvalue weighted by atomic mass is 32.2. The van der Waals surface area contributed by atoms with Gasteiger partial charge in [0.05, 0.1) is 25.5 Å². The number of amides is 1. The van der Waals surface area contributed by atoms with E-state index in [4.69, 9.17) is 15.9 Å². The number of carbonyl (C=O) groups excluding carboxylic acids is 1. The first-order chi connectivity index (χ1) is 23.7. The number of anilines is 2. The van der Waals surface area contributed by atoms with Gasteiger partial charge in [0.25, 0.3) is 21.1 Å². The van der Waals surface area contributed by atoms with Gasteiger partial charge < -0.3 is 14.0 Å². The van der Waals surface area contributed by atoms with Crippen LogP contribution in [0, 0.1) is 41.0 Å². The molecule has 0 aliphatic carbocycles. The Morgan fingerprint density at radius 2 is 1.90 bits per heavy atom. The Kier molecular flexibility index (Phi) is 8.96. The summed E-state index contributed by atoms with van der Waals surface area (Å²) in [5.74, 6) is -0.298. The van der Waals surface area contributed by atoms with Crippen LogP contribution in [0.15, 0.2) is 46.7 Å². The molecule has 0 fully saturated rings. The van der Waals surface area contributed by atoms with Crippen molar-refractivity contribution in [1.82, 2.24) is 28.5 Å². The average molecular weight is 732 g/mol. The molecule has 5 heterocycles. The summed E-state index contributed by atoms with van der Waals surface area (Å²) in [5, 5.41) is 2.65. The molecule has 0 bridgehead atoms. The van der Waals surface area contributed by atoms with Gasteiger partial charge in [-0.05, 0) is 23.6 Å². The van der Waals surface area contributed by atoms with Gasteiger partial charge in [-0.1, -0.05) is 25.8 Å². The van der Waals surface area contributed by atoms with E-state index in [1.54, 1.807) is 4.72 Å². The molecule has 1 amide bonds. The second kappa shape index (κ2) is 13.1. The Morgan fingerprint density at radius 1 is 1.16 bits per heavy atom. The smallest absolute Gasteiger partial charge is 0.319 e. The average Bonchev–Trinajstić information content (AvgIpc) is 3.76. The van der Waals surface area contributed by atoms with Crippen LogP contribution < -0.4 is 23.9 Å². The summed E-state index contributed by atoms with van der Waals surface area (Å²) in [6.45, 7) is 5.05. The van der Waals surface area contributed by atoms with Gasteiger partial charge in [0.2, 0.25) is 4.80 Å². The van der Waals surface area contributed by atoms with E-state index >= 15 is 0 Å². The van der Waals surface area contributed by atoms with E-state index in [2.05, 4.69) is 44.2 Å². The molecule has 14 nitrogen and oxygen atoms in total. The van der Waals surface area contributed by atoms with Crippen LogP contribution in [0.3, 0.4) is 0 Å². The normalized spacial score (nSPS) is 15.1. The summed E-state index contributed by atoms with van der Waals surface area (Å²) in [4.78, 5) is 25.6. The minimum absolute atomic E-state index is 0.0964. The number of nitrogens with zero attached hydrogens (tertiary/aromatic N) is 8. The number of ether oxygens (including phenoxy) is 2. The third-order valence-electron chi connectivity index (χ3n) is 7.33. The van der Waals surface area contributed by atoms with Gasteiger partial charge >= 0.3 is 6.01 Å². The zero-order valence-electron chi connectivity index (χ0n) is 26.3. The molecule has 5 aromatic rings. The lowest BCUT2D eigenvalue weighted by molar-refractivity contribution is -0.121. The van der Waals surface area contributed by atoms with Crippen LogP contribution in [0.4, 0.5) is 34.6 Å². The molecule has 0 spiro atoms. The van der Waals surface area contributed by atoms with Crippen molar-refractivity contribution in [1.29, 1.82) is 0 Å². The highest BCUT2D eigenvalue weighted by molar-refractivity contribution is 7.92. The largest absolute Gasteiger partial charge is 0.481 e. The van der Waals surface area contributed by atoms with Gasteiger partial charge in [-0.15, -0.1) is 11.5 Å². The highest BCUT2D eigenvalue weighted by Gasteiger charge is 2.31. The molecular formula is C30H25F4N9O5S2. The van der Waals surface area contributed by atoms with Gasteiger partial charge in [-0.3, -0.25) is 14.4 Å². The molecule has 3 aromatic heterocycles. The Balaban J connectivity index is 0.000000174. The number of benzene rings is 2. The summed E-state index contributed by atoms with van der Waals surface area (Å²) in [7, 11) is -3.37. The molecule has 0 radical (unpaired) electrons. The zero-order valence-corrected chi connectivity index (χ0v) is 28.0. The van der Waals surface area contributed by atoms with E-state index in [-0.39, 0.29) is 36.2 Å². The topological polar surface area (TPSA) is 158 Å². The minimum Gasteiger partial charge on any atom is -0.481 e. The van der Waals surface area contributed by atoms with E-state index in [1.807, 2.05) is 4.57 Å². The standard InChI is InChI=1S/C18H17FN4O2S.C12H8F3N5O3S/c1-4-5-22-13-7-12(11(19)6-14(13)25-9-16(22)24)20-17-23-10-18(2,3)8-15(23)21-26-17;1-23-12-16-5-8(15)10-17-11(18-20(10)12)24(21,22)19-9-6(13)3-2-4-7(9)14/h1,6-7H,5,8-10H2,2-3H3;2-5,19H,1H3/b20-17-;. The lowest BCUT2D eigenvalue weighted by atomic mass is 9.92. The van der Waals surface area contributed by atoms with Crippen molar-refractivity contribution in [3.05, 3.63) is 70.4 Å². The van der Waals surface area contributed by atoms with Gasteiger partial charge in [-0.25, -0.2) is 27.5 Å². The number of fused-ring (bicyclic) bond motifs is 3. The maximum Gasteiger partial charge on any atom is 0.319 e. The van der Waals surface area contributed by atoms with Gasteiger partial charge in [-0.2, -0.15) is 22.3 Å². The SMILES string of the molecule is C#CCN1C(=O)COc2cc(F)c(/N=c3\snc4n3CC(C)(C)C4)cc21.COc1ncc(F)c2nc(S(=O)(=O)Nc3c(F)cccc3F)nn12. The van der Waals surface area contributed by atoms with Crippen molar-refractivity contribution in [2.24, 2.45) is 10.4 Å². The lowest BCUT2D eigenvalue weighted by Crippen LogP contribution is -2.39. The Labute approximate surface area is 285 Å². The highest BCUT2D eigenvalue weighted by Crippen LogP contribution is 2.37. The number of halogens is 4. The number of para-hydroxylation sites is 1. The summed E-state index contributed by atoms with van der Waals surface area (Å²) < 4.78 is 98.8. The molecule has 1 N–H and O–H groups in total. The summed E-state index contributed by atoms with van der Waals surface area (Å²) in [6.07, 6.45) is 6.98. The number of rotatable bonds is 6. The molecule has 0 saturated carbocycles. The van der Waals surface area contributed by atoms with Crippen LogP contribution in [-0.2, 0) is 27.8 Å². The first-order valence-electron chi connectivity index (χ1n) is 14.4. The lowest BCUT2D eigenvalue weighted by Gasteiger charge is -2.28. The number of sulfonamides is 1. The van der Waals surface area contributed by atoms with Crippen molar-refractivity contribution < 1.29 is 40.2 Å². The van der Waals surface area contributed by atoms with Crippen LogP contribution in [-0.4, -0.2) is 63.1 Å². The first kappa shape index (κ1) is 34.3. The fourth-order valence-electron chi connectivity index (χ4n) is 5.08. The van der Waals surface area contributed by atoms with Gasteiger partial charge in [0, 0.05) is 30.6 Å². The van der Waals surface area contributed by atoms with Crippen molar-refractivity contribution in [2.45, 2.75) is 32.0 Å². The van der Waals surface area contributed by atoms with Crippen LogP contribution in [0.2, 0.25) is 0 Å². The number of carbonyl (C=O) groups is 1.